The van der Waals surface area contributed by atoms with E-state index >= 15 is 0 Å². The third-order valence-corrected chi connectivity index (χ3v) is 6.83. The van der Waals surface area contributed by atoms with Crippen molar-refractivity contribution in [2.75, 3.05) is 27.4 Å². The summed E-state index contributed by atoms with van der Waals surface area (Å²) in [6, 6.07) is 10.1. The Labute approximate surface area is 213 Å². The zero-order chi connectivity index (χ0) is 26.7. The van der Waals surface area contributed by atoms with Crippen molar-refractivity contribution in [3.8, 4) is 23.0 Å². The number of hydrogen-bond donors (Lipinski definition) is 5. The van der Waals surface area contributed by atoms with Crippen LogP contribution in [0, 0.1) is 11.8 Å². The van der Waals surface area contributed by atoms with Crippen molar-refractivity contribution in [3.63, 3.8) is 0 Å². The van der Waals surface area contributed by atoms with Crippen molar-refractivity contribution >= 4 is 5.97 Å². The lowest BCUT2D eigenvalue weighted by atomic mass is 9.85. The average Bonchev–Trinajstić information content (AvgIpc) is 3.24. The molecule has 0 amide bonds. The van der Waals surface area contributed by atoms with Gasteiger partial charge in [0.2, 0.25) is 6.29 Å². The second-order valence-electron chi connectivity index (χ2n) is 9.21. The Kier molecular flexibility index (Phi) is 8.40. The van der Waals surface area contributed by atoms with Crippen LogP contribution in [0.3, 0.4) is 0 Å². The van der Waals surface area contributed by atoms with E-state index in [2.05, 4.69) is 0 Å². The van der Waals surface area contributed by atoms with Crippen LogP contribution >= 0.6 is 0 Å². The van der Waals surface area contributed by atoms with E-state index in [4.69, 9.17) is 23.7 Å². The molecule has 11 nitrogen and oxygen atoms in total. The molecule has 0 saturated carbocycles. The lowest BCUT2D eigenvalue weighted by Crippen LogP contribution is -2.60. The number of hydrogen-bond acceptors (Lipinski definition) is 11. The molecule has 0 aliphatic carbocycles. The fourth-order valence-electron chi connectivity index (χ4n) is 4.69. The van der Waals surface area contributed by atoms with E-state index in [9.17, 15) is 30.3 Å². The highest BCUT2D eigenvalue weighted by Crippen LogP contribution is 2.36. The summed E-state index contributed by atoms with van der Waals surface area (Å²) in [6.45, 7) is -0.293. The first-order chi connectivity index (χ1) is 17.7. The van der Waals surface area contributed by atoms with Gasteiger partial charge in [-0.3, -0.25) is 4.79 Å². The summed E-state index contributed by atoms with van der Waals surface area (Å²) in [5, 5.41) is 49.5. The van der Waals surface area contributed by atoms with Gasteiger partial charge in [0.25, 0.3) is 0 Å². The van der Waals surface area contributed by atoms with Crippen molar-refractivity contribution in [2.24, 2.45) is 11.8 Å². The van der Waals surface area contributed by atoms with Crippen molar-refractivity contribution < 1.29 is 54.0 Å². The number of carbonyl (C=O) groups excluding carboxylic acids is 1. The Balaban J connectivity index is 1.47. The first-order valence-corrected chi connectivity index (χ1v) is 11.9. The van der Waals surface area contributed by atoms with Crippen LogP contribution in [0.4, 0.5) is 0 Å². The van der Waals surface area contributed by atoms with Crippen molar-refractivity contribution in [2.45, 2.75) is 43.5 Å². The number of cyclic esters (lactones) is 1. The monoisotopic (exact) mass is 520 g/mol. The number of carbonyl (C=O) groups is 1. The number of aromatic hydroxyl groups is 1. The highest BCUT2D eigenvalue weighted by atomic mass is 16.7. The fraction of sp³-hybridized carbons (Fsp3) is 0.500. The fourth-order valence-corrected chi connectivity index (χ4v) is 4.69. The van der Waals surface area contributed by atoms with Crippen molar-refractivity contribution in [1.29, 1.82) is 0 Å². The van der Waals surface area contributed by atoms with Gasteiger partial charge in [-0.1, -0.05) is 12.1 Å². The molecule has 202 valence electrons. The molecule has 0 radical (unpaired) electrons. The number of rotatable bonds is 9. The van der Waals surface area contributed by atoms with Crippen molar-refractivity contribution in [1.82, 2.24) is 0 Å². The van der Waals surface area contributed by atoms with E-state index in [1.807, 2.05) is 0 Å². The number of aliphatic hydroxyl groups is 4. The molecule has 0 bridgehead atoms. The second kappa shape index (κ2) is 11.5. The molecule has 7 atom stereocenters. The standard InChI is InChI=1S/C26H32O11/c1-33-19-9-13(3-5-17(19)28)7-15-12-35-25(32)16(15)8-14-4-6-18(20(10-14)34-2)36-26-24(31)23(30)22(29)21(11-27)37-26/h3-6,9-10,15-16,21-24,26-31H,7-8,11-12H2,1-2H3/t15-,16-,21-,22+,23-,24-,26-/m0/s1. The lowest BCUT2D eigenvalue weighted by Gasteiger charge is -2.39. The molecule has 2 aliphatic heterocycles. The van der Waals surface area contributed by atoms with Gasteiger partial charge in [-0.15, -0.1) is 0 Å². The Bertz CT molecular complexity index is 1090. The van der Waals surface area contributed by atoms with Gasteiger partial charge >= 0.3 is 5.97 Å². The average molecular weight is 521 g/mol. The zero-order valence-corrected chi connectivity index (χ0v) is 20.5. The Morgan fingerprint density at radius 1 is 0.892 bits per heavy atom. The molecular formula is C26H32O11. The smallest absolute Gasteiger partial charge is 0.309 e. The van der Waals surface area contributed by atoms with Gasteiger partial charge in [0.1, 0.15) is 24.4 Å². The maximum absolute atomic E-state index is 12.5. The van der Waals surface area contributed by atoms with E-state index in [0.717, 1.165) is 11.1 Å². The number of aliphatic hydroxyl groups excluding tert-OH is 4. The predicted octanol–water partition coefficient (Wildman–Crippen LogP) is 0.163. The quantitative estimate of drug-likeness (QED) is 0.286. The number of methoxy groups -OCH3 is 2. The molecule has 0 aromatic heterocycles. The number of ether oxygens (including phenoxy) is 5. The van der Waals surface area contributed by atoms with Crippen LogP contribution in [0.1, 0.15) is 11.1 Å². The molecule has 2 aromatic carbocycles. The molecule has 11 heteroatoms. The summed E-state index contributed by atoms with van der Waals surface area (Å²) >= 11 is 0. The van der Waals surface area contributed by atoms with Crippen LogP contribution < -0.4 is 14.2 Å². The molecule has 4 rings (SSSR count). The minimum absolute atomic E-state index is 0.0414. The summed E-state index contributed by atoms with van der Waals surface area (Å²) in [5.41, 5.74) is 1.69. The zero-order valence-electron chi connectivity index (χ0n) is 20.5. The maximum Gasteiger partial charge on any atom is 0.309 e. The van der Waals surface area contributed by atoms with Crippen LogP contribution in [-0.2, 0) is 27.1 Å². The van der Waals surface area contributed by atoms with Gasteiger partial charge in [0.15, 0.2) is 23.0 Å². The Hall–Kier alpha value is -3.09. The summed E-state index contributed by atoms with van der Waals surface area (Å²) in [4.78, 5) is 12.5. The van der Waals surface area contributed by atoms with Crippen LogP contribution in [-0.4, -0.2) is 89.6 Å². The van der Waals surface area contributed by atoms with Gasteiger partial charge in [0.05, 0.1) is 33.4 Å². The lowest BCUT2D eigenvalue weighted by molar-refractivity contribution is -0.277. The number of esters is 1. The molecule has 5 N–H and O–H groups in total. The summed E-state index contributed by atoms with van der Waals surface area (Å²) in [6.07, 6.45) is -6.14. The minimum Gasteiger partial charge on any atom is -0.504 e. The van der Waals surface area contributed by atoms with Crippen LogP contribution in [0.2, 0.25) is 0 Å². The first-order valence-electron chi connectivity index (χ1n) is 11.9. The van der Waals surface area contributed by atoms with E-state index < -0.39 is 43.2 Å². The van der Waals surface area contributed by atoms with E-state index in [1.54, 1.807) is 36.4 Å². The summed E-state index contributed by atoms with van der Waals surface area (Å²) in [5.74, 6) is 0.132. The molecular weight excluding hydrogens is 488 g/mol. The number of benzene rings is 2. The Morgan fingerprint density at radius 2 is 1.57 bits per heavy atom. The summed E-state index contributed by atoms with van der Waals surface area (Å²) in [7, 11) is 2.91. The third-order valence-electron chi connectivity index (χ3n) is 6.83. The Morgan fingerprint density at radius 3 is 2.27 bits per heavy atom. The molecule has 2 aromatic rings. The van der Waals surface area contributed by atoms with Crippen LogP contribution in [0.25, 0.3) is 0 Å². The summed E-state index contributed by atoms with van der Waals surface area (Å²) < 4.78 is 27.1. The van der Waals surface area contributed by atoms with Gasteiger partial charge in [0, 0.05) is 5.92 Å². The van der Waals surface area contributed by atoms with Gasteiger partial charge in [-0.25, -0.2) is 0 Å². The number of phenols is 1. The van der Waals surface area contributed by atoms with Crippen LogP contribution in [0.15, 0.2) is 36.4 Å². The molecule has 2 saturated heterocycles. The van der Waals surface area contributed by atoms with Gasteiger partial charge < -0.3 is 49.2 Å². The predicted molar refractivity (Wildman–Crippen MR) is 127 cm³/mol. The highest BCUT2D eigenvalue weighted by Gasteiger charge is 2.45. The largest absolute Gasteiger partial charge is 0.504 e. The van der Waals surface area contributed by atoms with E-state index in [1.165, 1.54) is 14.2 Å². The highest BCUT2D eigenvalue weighted by molar-refractivity contribution is 5.75. The third kappa shape index (κ3) is 5.76. The molecule has 0 spiro atoms. The van der Waals surface area contributed by atoms with E-state index in [-0.39, 0.29) is 30.0 Å². The van der Waals surface area contributed by atoms with E-state index in [0.29, 0.717) is 24.3 Å². The van der Waals surface area contributed by atoms with Gasteiger partial charge in [-0.2, -0.15) is 0 Å². The molecule has 37 heavy (non-hydrogen) atoms. The molecule has 2 fully saturated rings. The van der Waals surface area contributed by atoms with Crippen molar-refractivity contribution in [3.05, 3.63) is 47.5 Å². The number of phenolic OH excluding ortho intramolecular Hbond substituents is 1. The maximum atomic E-state index is 12.5. The second-order valence-corrected chi connectivity index (χ2v) is 9.21. The molecule has 2 heterocycles. The van der Waals surface area contributed by atoms with Crippen LogP contribution in [0.5, 0.6) is 23.0 Å². The normalized spacial score (nSPS) is 29.6. The molecule has 2 aliphatic rings. The minimum atomic E-state index is -1.57. The topological polar surface area (TPSA) is 164 Å². The first kappa shape index (κ1) is 27.0. The molecule has 0 unspecified atom stereocenters. The van der Waals surface area contributed by atoms with Gasteiger partial charge in [-0.05, 0) is 48.2 Å². The SMILES string of the molecule is COc1cc(C[C@H]2COC(=O)[C@H]2Cc2ccc(O[C@H]3O[C@@H](CO)[C@@H](O)[C@H](O)[C@@H]3O)c(OC)c2)ccc1O.